The average molecular weight is 279 g/mol. The molecule has 1 aromatic carbocycles. The number of benzene rings is 1. The van der Waals surface area contributed by atoms with Gasteiger partial charge < -0.3 is 14.3 Å². The Bertz CT molecular complexity index is 443. The first-order valence-corrected chi connectivity index (χ1v) is 7.12. The van der Waals surface area contributed by atoms with Gasteiger partial charge in [-0.2, -0.15) is 0 Å². The zero-order chi connectivity index (χ0) is 15.0. The van der Waals surface area contributed by atoms with Gasteiger partial charge in [0.05, 0.1) is 11.8 Å². The van der Waals surface area contributed by atoms with E-state index in [1.165, 1.54) is 0 Å². The van der Waals surface area contributed by atoms with E-state index in [0.717, 1.165) is 29.2 Å². The van der Waals surface area contributed by atoms with Crippen molar-refractivity contribution in [2.75, 3.05) is 13.2 Å². The van der Waals surface area contributed by atoms with Crippen LogP contribution in [0.15, 0.2) is 23.4 Å². The SMILES string of the molecule is CCON=C(C)COc1ccc(OC(C)CC)c(C)c1. The topological polar surface area (TPSA) is 40.0 Å². The number of hydrogen-bond donors (Lipinski definition) is 0. The smallest absolute Gasteiger partial charge is 0.129 e. The summed E-state index contributed by atoms with van der Waals surface area (Å²) in [4.78, 5) is 4.97. The molecule has 0 fully saturated rings. The van der Waals surface area contributed by atoms with Crippen LogP contribution in [0, 0.1) is 6.92 Å². The Kier molecular flexibility index (Phi) is 6.91. The van der Waals surface area contributed by atoms with Crippen LogP contribution in [0.1, 0.15) is 39.7 Å². The van der Waals surface area contributed by atoms with Crippen molar-refractivity contribution in [1.82, 2.24) is 0 Å². The van der Waals surface area contributed by atoms with Gasteiger partial charge in [-0.1, -0.05) is 12.1 Å². The molecule has 4 nitrogen and oxygen atoms in total. The number of aryl methyl sites for hydroxylation is 1. The van der Waals surface area contributed by atoms with Gasteiger partial charge in [-0.25, -0.2) is 0 Å². The molecule has 1 unspecified atom stereocenters. The van der Waals surface area contributed by atoms with E-state index in [0.29, 0.717) is 13.2 Å². The number of ether oxygens (including phenoxy) is 2. The normalized spacial score (nSPS) is 12.9. The van der Waals surface area contributed by atoms with Crippen molar-refractivity contribution in [2.45, 2.75) is 47.1 Å². The van der Waals surface area contributed by atoms with Crippen molar-refractivity contribution in [3.63, 3.8) is 0 Å². The maximum atomic E-state index is 5.83. The van der Waals surface area contributed by atoms with Crippen LogP contribution in [0.5, 0.6) is 11.5 Å². The predicted octanol–water partition coefficient (Wildman–Crippen LogP) is 3.96. The van der Waals surface area contributed by atoms with Crippen LogP contribution in [0.25, 0.3) is 0 Å². The minimum Gasteiger partial charge on any atom is -0.490 e. The zero-order valence-electron chi connectivity index (χ0n) is 13.1. The first-order valence-electron chi connectivity index (χ1n) is 7.12. The lowest BCUT2D eigenvalue weighted by Gasteiger charge is -2.15. The molecule has 0 aliphatic rings. The third-order valence-electron chi connectivity index (χ3n) is 2.85. The Morgan fingerprint density at radius 2 is 2.05 bits per heavy atom. The van der Waals surface area contributed by atoms with Gasteiger partial charge in [-0.3, -0.25) is 0 Å². The van der Waals surface area contributed by atoms with E-state index in [1.807, 2.05) is 39.0 Å². The van der Waals surface area contributed by atoms with Gasteiger partial charge in [0.1, 0.15) is 24.7 Å². The monoisotopic (exact) mass is 279 g/mol. The summed E-state index contributed by atoms with van der Waals surface area (Å²) >= 11 is 0. The second-order valence-corrected chi connectivity index (χ2v) is 4.80. The van der Waals surface area contributed by atoms with Crippen molar-refractivity contribution < 1.29 is 14.3 Å². The van der Waals surface area contributed by atoms with Gasteiger partial charge >= 0.3 is 0 Å². The maximum absolute atomic E-state index is 5.83. The number of nitrogens with zero attached hydrogens (tertiary/aromatic N) is 1. The first kappa shape index (κ1) is 16.3. The van der Waals surface area contributed by atoms with Gasteiger partial charge in [0.15, 0.2) is 0 Å². The molecule has 1 rings (SSSR count). The molecule has 0 spiro atoms. The lowest BCUT2D eigenvalue weighted by Crippen LogP contribution is -2.11. The Labute approximate surface area is 121 Å². The molecule has 0 heterocycles. The van der Waals surface area contributed by atoms with Crippen molar-refractivity contribution in [1.29, 1.82) is 0 Å². The van der Waals surface area contributed by atoms with Gasteiger partial charge in [-0.15, -0.1) is 0 Å². The Balaban J connectivity index is 2.59. The molecule has 4 heteroatoms. The lowest BCUT2D eigenvalue weighted by atomic mass is 10.2. The molecular formula is C16H25NO3. The van der Waals surface area contributed by atoms with Crippen LogP contribution >= 0.6 is 0 Å². The van der Waals surface area contributed by atoms with E-state index < -0.39 is 0 Å². The molecule has 0 aliphatic carbocycles. The van der Waals surface area contributed by atoms with E-state index in [4.69, 9.17) is 14.3 Å². The third kappa shape index (κ3) is 5.51. The summed E-state index contributed by atoms with van der Waals surface area (Å²) < 4.78 is 11.5. The molecule has 0 bridgehead atoms. The van der Waals surface area contributed by atoms with Crippen LogP contribution < -0.4 is 9.47 Å². The van der Waals surface area contributed by atoms with Crippen molar-refractivity contribution in [3.8, 4) is 11.5 Å². The quantitative estimate of drug-likeness (QED) is 0.534. The van der Waals surface area contributed by atoms with E-state index in [2.05, 4.69) is 19.0 Å². The minimum absolute atomic E-state index is 0.223. The molecule has 0 aliphatic heterocycles. The third-order valence-corrected chi connectivity index (χ3v) is 2.85. The standard InChI is InChI=1S/C16H25NO3/c1-6-14(5)20-16-9-8-15(10-12(16)3)18-11-13(4)17-19-7-2/h8-10,14H,6-7,11H2,1-5H3. The fourth-order valence-electron chi connectivity index (χ4n) is 1.53. The first-order chi connectivity index (χ1) is 9.56. The van der Waals surface area contributed by atoms with Crippen molar-refractivity contribution >= 4 is 5.71 Å². The maximum Gasteiger partial charge on any atom is 0.129 e. The van der Waals surface area contributed by atoms with Gasteiger partial charge in [0.2, 0.25) is 0 Å². The summed E-state index contributed by atoms with van der Waals surface area (Å²) in [7, 11) is 0. The predicted molar refractivity (Wildman–Crippen MR) is 81.8 cm³/mol. The molecule has 1 aromatic rings. The fourth-order valence-corrected chi connectivity index (χ4v) is 1.53. The summed E-state index contributed by atoms with van der Waals surface area (Å²) in [5.74, 6) is 1.72. The highest BCUT2D eigenvalue weighted by Gasteiger charge is 2.06. The van der Waals surface area contributed by atoms with Crippen LogP contribution in [0.3, 0.4) is 0 Å². The Morgan fingerprint density at radius 3 is 2.65 bits per heavy atom. The highest BCUT2D eigenvalue weighted by Crippen LogP contribution is 2.24. The Hall–Kier alpha value is -1.71. The molecule has 20 heavy (non-hydrogen) atoms. The average Bonchev–Trinajstić information content (AvgIpc) is 2.45. The largest absolute Gasteiger partial charge is 0.490 e. The second-order valence-electron chi connectivity index (χ2n) is 4.80. The highest BCUT2D eigenvalue weighted by atomic mass is 16.6. The molecule has 0 radical (unpaired) electrons. The van der Waals surface area contributed by atoms with Gasteiger partial charge in [-0.05, 0) is 57.9 Å². The van der Waals surface area contributed by atoms with E-state index in [1.54, 1.807) is 0 Å². The van der Waals surface area contributed by atoms with Crippen LogP contribution in [-0.4, -0.2) is 25.0 Å². The van der Waals surface area contributed by atoms with Crippen molar-refractivity contribution in [2.24, 2.45) is 5.16 Å². The minimum atomic E-state index is 0.223. The Morgan fingerprint density at radius 1 is 1.30 bits per heavy atom. The molecule has 0 saturated heterocycles. The van der Waals surface area contributed by atoms with Crippen LogP contribution in [0.2, 0.25) is 0 Å². The second kappa shape index (κ2) is 8.46. The molecule has 1 atom stereocenters. The van der Waals surface area contributed by atoms with E-state index >= 15 is 0 Å². The molecule has 0 amide bonds. The van der Waals surface area contributed by atoms with Crippen LogP contribution in [0.4, 0.5) is 0 Å². The molecular weight excluding hydrogens is 254 g/mol. The number of rotatable bonds is 8. The van der Waals surface area contributed by atoms with Crippen molar-refractivity contribution in [3.05, 3.63) is 23.8 Å². The molecule has 0 aromatic heterocycles. The summed E-state index contributed by atoms with van der Waals surface area (Å²) in [6, 6.07) is 5.84. The summed E-state index contributed by atoms with van der Waals surface area (Å²) in [5, 5.41) is 3.92. The summed E-state index contributed by atoms with van der Waals surface area (Å²) in [6.45, 7) is 11.0. The van der Waals surface area contributed by atoms with Crippen LogP contribution in [-0.2, 0) is 4.84 Å². The highest BCUT2D eigenvalue weighted by molar-refractivity contribution is 5.82. The molecule has 0 saturated carbocycles. The van der Waals surface area contributed by atoms with E-state index in [-0.39, 0.29) is 6.10 Å². The molecule has 112 valence electrons. The fraction of sp³-hybridized carbons (Fsp3) is 0.562. The summed E-state index contributed by atoms with van der Waals surface area (Å²) in [5.41, 5.74) is 1.88. The van der Waals surface area contributed by atoms with Gasteiger partial charge in [0.25, 0.3) is 0 Å². The van der Waals surface area contributed by atoms with E-state index in [9.17, 15) is 0 Å². The number of hydrogen-bond acceptors (Lipinski definition) is 4. The lowest BCUT2D eigenvalue weighted by molar-refractivity contribution is 0.156. The zero-order valence-corrected chi connectivity index (χ0v) is 13.1. The summed E-state index contributed by atoms with van der Waals surface area (Å²) in [6.07, 6.45) is 1.21. The van der Waals surface area contributed by atoms with Gasteiger partial charge in [0, 0.05) is 0 Å². The number of oxime groups is 1. The molecule has 0 N–H and O–H groups in total.